The molecule has 0 aliphatic carbocycles. The number of halogens is 2. The first-order valence-electron chi connectivity index (χ1n) is 5.96. The molecule has 1 aromatic heterocycles. The highest BCUT2D eigenvalue weighted by molar-refractivity contribution is 7.80. The Morgan fingerprint density at radius 1 is 1.35 bits per heavy atom. The second-order valence-electron chi connectivity index (χ2n) is 4.54. The molecule has 0 saturated heterocycles. The van der Waals surface area contributed by atoms with Crippen LogP contribution in [-0.4, -0.2) is 16.9 Å². The third kappa shape index (κ3) is 3.99. The van der Waals surface area contributed by atoms with Crippen LogP contribution < -0.4 is 5.73 Å². The lowest BCUT2D eigenvalue weighted by atomic mass is 10.1. The van der Waals surface area contributed by atoms with E-state index < -0.39 is 0 Å². The van der Waals surface area contributed by atoms with Crippen LogP contribution in [0.15, 0.2) is 30.3 Å². The van der Waals surface area contributed by atoms with Gasteiger partial charge in [-0.2, -0.15) is 0 Å². The third-order valence-electron chi connectivity index (χ3n) is 2.83. The van der Waals surface area contributed by atoms with Crippen LogP contribution in [0.25, 0.3) is 0 Å². The van der Waals surface area contributed by atoms with Gasteiger partial charge in [0, 0.05) is 23.5 Å². The number of hydrogen-bond acceptors (Lipinski definition) is 3. The molecule has 20 heavy (non-hydrogen) atoms. The smallest absolute Gasteiger partial charge is 0.123 e. The van der Waals surface area contributed by atoms with Gasteiger partial charge in [0.05, 0.1) is 4.34 Å². The van der Waals surface area contributed by atoms with Gasteiger partial charge in [-0.3, -0.25) is 4.90 Å². The van der Waals surface area contributed by atoms with Crippen molar-refractivity contribution in [3.63, 3.8) is 0 Å². The number of nitrogens with zero attached hydrogens (tertiary/aromatic N) is 1. The van der Waals surface area contributed by atoms with Crippen molar-refractivity contribution in [1.29, 1.82) is 0 Å². The van der Waals surface area contributed by atoms with E-state index in [-0.39, 0.29) is 10.8 Å². The van der Waals surface area contributed by atoms with Crippen molar-refractivity contribution < 1.29 is 4.39 Å². The van der Waals surface area contributed by atoms with E-state index >= 15 is 0 Å². The van der Waals surface area contributed by atoms with Gasteiger partial charge in [-0.1, -0.05) is 29.9 Å². The van der Waals surface area contributed by atoms with E-state index in [4.69, 9.17) is 29.6 Å². The molecule has 0 unspecified atom stereocenters. The van der Waals surface area contributed by atoms with Gasteiger partial charge in [-0.15, -0.1) is 11.3 Å². The minimum absolute atomic E-state index is 0.215. The zero-order valence-corrected chi connectivity index (χ0v) is 13.3. The fourth-order valence-corrected chi connectivity index (χ4v) is 3.32. The van der Waals surface area contributed by atoms with Gasteiger partial charge in [-0.25, -0.2) is 4.39 Å². The zero-order valence-electron chi connectivity index (χ0n) is 10.9. The van der Waals surface area contributed by atoms with Crippen molar-refractivity contribution in [2.24, 2.45) is 5.73 Å². The Morgan fingerprint density at radius 3 is 2.70 bits per heavy atom. The lowest BCUT2D eigenvalue weighted by Crippen LogP contribution is -2.20. The molecule has 2 aromatic rings. The summed E-state index contributed by atoms with van der Waals surface area (Å²) in [6.07, 6.45) is 0. The van der Waals surface area contributed by atoms with Gasteiger partial charge >= 0.3 is 0 Å². The Bertz CT molecular complexity index is 627. The molecule has 0 aliphatic heterocycles. The largest absolute Gasteiger partial charge is 0.389 e. The molecule has 0 atom stereocenters. The second-order valence-corrected chi connectivity index (χ2v) is 6.78. The van der Waals surface area contributed by atoms with Gasteiger partial charge in [0.1, 0.15) is 10.8 Å². The quantitative estimate of drug-likeness (QED) is 0.846. The van der Waals surface area contributed by atoms with E-state index in [1.54, 1.807) is 17.4 Å². The Hall–Kier alpha value is -1.01. The number of rotatable bonds is 5. The first-order valence-corrected chi connectivity index (χ1v) is 7.57. The normalized spacial score (nSPS) is 11.0. The highest BCUT2D eigenvalue weighted by atomic mass is 35.5. The lowest BCUT2D eigenvalue weighted by molar-refractivity contribution is 0.321. The van der Waals surface area contributed by atoms with Crippen molar-refractivity contribution in [2.45, 2.75) is 13.1 Å². The van der Waals surface area contributed by atoms with Crippen LogP contribution in [0.3, 0.4) is 0 Å². The summed E-state index contributed by atoms with van der Waals surface area (Å²) in [6.45, 7) is 1.41. The van der Waals surface area contributed by atoms with E-state index in [1.807, 2.05) is 19.2 Å². The zero-order chi connectivity index (χ0) is 14.7. The van der Waals surface area contributed by atoms with Crippen molar-refractivity contribution >= 4 is 40.1 Å². The van der Waals surface area contributed by atoms with E-state index in [0.717, 1.165) is 16.4 Å². The predicted molar refractivity (Wildman–Crippen MR) is 86.8 cm³/mol. The summed E-state index contributed by atoms with van der Waals surface area (Å²) in [5.41, 5.74) is 7.16. The lowest BCUT2D eigenvalue weighted by Gasteiger charge is -2.18. The Morgan fingerprint density at radius 2 is 2.10 bits per heavy atom. The maximum absolute atomic E-state index is 13.3. The van der Waals surface area contributed by atoms with Gasteiger partial charge < -0.3 is 5.73 Å². The van der Waals surface area contributed by atoms with E-state index in [9.17, 15) is 4.39 Å². The number of thiophene rings is 1. The average Bonchev–Trinajstić information content (AvgIpc) is 2.76. The van der Waals surface area contributed by atoms with Crippen LogP contribution in [0.2, 0.25) is 4.34 Å². The van der Waals surface area contributed by atoms with Crippen LogP contribution in [0.5, 0.6) is 0 Å². The summed E-state index contributed by atoms with van der Waals surface area (Å²) in [7, 11) is 1.99. The molecule has 0 bridgehead atoms. The maximum atomic E-state index is 13.3. The maximum Gasteiger partial charge on any atom is 0.123 e. The third-order valence-corrected chi connectivity index (χ3v) is 4.27. The number of hydrogen-bond donors (Lipinski definition) is 1. The minimum atomic E-state index is -0.329. The second kappa shape index (κ2) is 6.63. The first kappa shape index (κ1) is 15.4. The molecule has 0 saturated carbocycles. The topological polar surface area (TPSA) is 29.3 Å². The Kier molecular flexibility index (Phi) is 5.10. The molecule has 0 aliphatic rings. The molecule has 1 aromatic carbocycles. The van der Waals surface area contributed by atoms with Gasteiger partial charge in [-0.05, 0) is 36.9 Å². The monoisotopic (exact) mass is 328 g/mol. The summed E-state index contributed by atoms with van der Waals surface area (Å²) >= 11 is 12.4. The van der Waals surface area contributed by atoms with Crippen molar-refractivity contribution in [3.05, 3.63) is 56.5 Å². The number of nitrogens with two attached hydrogens (primary N) is 1. The van der Waals surface area contributed by atoms with Crippen molar-refractivity contribution in [3.8, 4) is 0 Å². The van der Waals surface area contributed by atoms with Gasteiger partial charge in [0.25, 0.3) is 0 Å². The Balaban J connectivity index is 2.11. The molecule has 6 heteroatoms. The fraction of sp³-hybridized carbons (Fsp3) is 0.214. The van der Waals surface area contributed by atoms with Crippen LogP contribution in [0.1, 0.15) is 16.0 Å². The summed E-state index contributed by atoms with van der Waals surface area (Å²) in [5.74, 6) is -0.329. The molecule has 0 spiro atoms. The SMILES string of the molecule is CN(Cc1ccc(Cl)s1)Cc1ccc(F)cc1C(N)=S. The molecule has 0 amide bonds. The van der Waals surface area contributed by atoms with Gasteiger partial charge in [0.2, 0.25) is 0 Å². The van der Waals surface area contributed by atoms with Crippen LogP contribution in [0, 0.1) is 5.82 Å². The van der Waals surface area contributed by atoms with Gasteiger partial charge in [0.15, 0.2) is 0 Å². The average molecular weight is 329 g/mol. The van der Waals surface area contributed by atoms with Crippen LogP contribution in [-0.2, 0) is 13.1 Å². The number of benzene rings is 1. The van der Waals surface area contributed by atoms with E-state index in [0.29, 0.717) is 12.1 Å². The summed E-state index contributed by atoms with van der Waals surface area (Å²) in [6, 6.07) is 8.42. The van der Waals surface area contributed by atoms with Crippen molar-refractivity contribution in [2.75, 3.05) is 7.05 Å². The fourth-order valence-electron chi connectivity index (χ4n) is 1.97. The molecular weight excluding hydrogens is 315 g/mol. The number of thiocarbonyl (C=S) groups is 1. The Labute approximate surface area is 132 Å². The molecular formula is C14H14ClFN2S2. The summed E-state index contributed by atoms with van der Waals surface area (Å²) in [5, 5.41) is 0. The molecule has 0 radical (unpaired) electrons. The molecule has 1 heterocycles. The van der Waals surface area contributed by atoms with E-state index in [2.05, 4.69) is 4.90 Å². The standard InChI is InChI=1S/C14H14ClFN2S2/c1-18(8-11-4-5-13(15)20-11)7-9-2-3-10(16)6-12(9)14(17)19/h2-6H,7-8H2,1H3,(H2,17,19). The highest BCUT2D eigenvalue weighted by Gasteiger charge is 2.10. The van der Waals surface area contributed by atoms with E-state index in [1.165, 1.54) is 17.0 Å². The summed E-state index contributed by atoms with van der Waals surface area (Å²) < 4.78 is 14.0. The highest BCUT2D eigenvalue weighted by Crippen LogP contribution is 2.23. The predicted octanol–water partition coefficient (Wildman–Crippen LogP) is 3.81. The molecule has 0 fully saturated rings. The van der Waals surface area contributed by atoms with Crippen LogP contribution >= 0.6 is 35.2 Å². The van der Waals surface area contributed by atoms with Crippen LogP contribution in [0.4, 0.5) is 4.39 Å². The van der Waals surface area contributed by atoms with Crippen molar-refractivity contribution in [1.82, 2.24) is 4.90 Å². The molecule has 2 nitrogen and oxygen atoms in total. The first-order chi connectivity index (χ1) is 9.45. The molecule has 106 valence electrons. The molecule has 2 N–H and O–H groups in total. The minimum Gasteiger partial charge on any atom is -0.389 e. The molecule has 2 rings (SSSR count). The summed E-state index contributed by atoms with van der Waals surface area (Å²) in [4.78, 5) is 3.50.